The average Bonchev–Trinajstić information content (AvgIpc) is 3.26. The molecule has 0 N–H and O–H groups in total. The van der Waals surface area contributed by atoms with Crippen LogP contribution in [-0.2, 0) is 16.1 Å². The molecule has 136 valence electrons. The van der Waals surface area contributed by atoms with Crippen LogP contribution in [0.5, 0.6) is 0 Å². The van der Waals surface area contributed by atoms with Gasteiger partial charge in [-0.15, -0.1) is 10.2 Å². The van der Waals surface area contributed by atoms with Gasteiger partial charge in [-0.25, -0.2) is 0 Å². The molecule has 2 aromatic rings. The van der Waals surface area contributed by atoms with Gasteiger partial charge < -0.3 is 14.4 Å². The summed E-state index contributed by atoms with van der Waals surface area (Å²) >= 11 is 0. The number of aromatic nitrogens is 3. The third kappa shape index (κ3) is 3.09. The van der Waals surface area contributed by atoms with Crippen molar-refractivity contribution in [2.75, 3.05) is 19.6 Å². The van der Waals surface area contributed by atoms with Crippen molar-refractivity contribution in [2.24, 2.45) is 0 Å². The fraction of sp³-hybridized carbons (Fsp3) is 0.474. The summed E-state index contributed by atoms with van der Waals surface area (Å²) in [6, 6.07) is 10.1. The summed E-state index contributed by atoms with van der Waals surface area (Å²) in [4.78, 5) is 28.0. The number of amides is 2. The van der Waals surface area contributed by atoms with E-state index in [1.54, 1.807) is 4.90 Å². The van der Waals surface area contributed by atoms with Crippen molar-refractivity contribution in [2.45, 2.75) is 38.8 Å². The summed E-state index contributed by atoms with van der Waals surface area (Å²) in [6.07, 6.45) is 1.89. The van der Waals surface area contributed by atoms with Gasteiger partial charge in [-0.2, -0.15) is 0 Å². The lowest BCUT2D eigenvalue weighted by Crippen LogP contribution is -2.41. The van der Waals surface area contributed by atoms with Gasteiger partial charge in [0, 0.05) is 38.0 Å². The van der Waals surface area contributed by atoms with E-state index in [0.717, 1.165) is 30.2 Å². The monoisotopic (exact) mass is 353 g/mol. The van der Waals surface area contributed by atoms with E-state index < -0.39 is 0 Å². The SMILES string of the molecule is C[C@H]1CN(C(=O)CCN2CCCC2=O)Cc2nnc(-c3ccccc3)n21. The lowest BCUT2D eigenvalue weighted by molar-refractivity contribution is -0.134. The highest BCUT2D eigenvalue weighted by Gasteiger charge is 2.30. The predicted molar refractivity (Wildman–Crippen MR) is 96.0 cm³/mol. The molecule has 0 unspecified atom stereocenters. The molecule has 0 radical (unpaired) electrons. The smallest absolute Gasteiger partial charge is 0.224 e. The summed E-state index contributed by atoms with van der Waals surface area (Å²) < 4.78 is 2.13. The Kier molecular flexibility index (Phi) is 4.44. The molecule has 2 amide bonds. The van der Waals surface area contributed by atoms with Gasteiger partial charge in [0.15, 0.2) is 11.6 Å². The Bertz CT molecular complexity index is 817. The van der Waals surface area contributed by atoms with Crippen molar-refractivity contribution in [3.63, 3.8) is 0 Å². The number of rotatable bonds is 4. The van der Waals surface area contributed by atoms with Gasteiger partial charge >= 0.3 is 0 Å². The third-order valence-electron chi connectivity index (χ3n) is 5.18. The van der Waals surface area contributed by atoms with Gasteiger partial charge in [-0.05, 0) is 13.3 Å². The molecule has 2 aliphatic rings. The average molecular weight is 353 g/mol. The molecule has 1 atom stereocenters. The Morgan fingerprint density at radius 1 is 1.23 bits per heavy atom. The van der Waals surface area contributed by atoms with E-state index in [9.17, 15) is 9.59 Å². The molecule has 2 aliphatic heterocycles. The van der Waals surface area contributed by atoms with Gasteiger partial charge in [-0.3, -0.25) is 9.59 Å². The maximum atomic E-state index is 12.6. The second kappa shape index (κ2) is 6.90. The number of nitrogens with zero attached hydrogens (tertiary/aromatic N) is 5. The highest BCUT2D eigenvalue weighted by Crippen LogP contribution is 2.27. The molecule has 1 fully saturated rings. The molecule has 4 rings (SSSR count). The zero-order chi connectivity index (χ0) is 18.1. The van der Waals surface area contributed by atoms with Crippen molar-refractivity contribution in [1.82, 2.24) is 24.6 Å². The standard InChI is InChI=1S/C19H23N5O2/c1-14-12-23(18(26)9-11-22-10-5-8-17(22)25)13-16-20-21-19(24(14)16)15-6-3-2-4-7-15/h2-4,6-7,14H,5,8-13H2,1H3/t14-/m0/s1. The Morgan fingerprint density at radius 2 is 2.04 bits per heavy atom. The zero-order valence-corrected chi connectivity index (χ0v) is 15.0. The predicted octanol–water partition coefficient (Wildman–Crippen LogP) is 1.86. The summed E-state index contributed by atoms with van der Waals surface area (Å²) in [6.45, 7) is 4.49. The number of fused-ring (bicyclic) bond motifs is 1. The van der Waals surface area contributed by atoms with E-state index in [-0.39, 0.29) is 17.9 Å². The molecule has 0 saturated carbocycles. The molecular formula is C19H23N5O2. The molecule has 1 aromatic carbocycles. The fourth-order valence-electron chi connectivity index (χ4n) is 3.83. The number of hydrogen-bond acceptors (Lipinski definition) is 4. The topological polar surface area (TPSA) is 71.3 Å². The van der Waals surface area contributed by atoms with Crippen LogP contribution in [0.25, 0.3) is 11.4 Å². The molecular weight excluding hydrogens is 330 g/mol. The summed E-state index contributed by atoms with van der Waals surface area (Å²) in [5.74, 6) is 1.90. The minimum Gasteiger partial charge on any atom is -0.342 e. The number of likely N-dealkylation sites (tertiary alicyclic amines) is 1. The van der Waals surface area contributed by atoms with Crippen LogP contribution in [0.2, 0.25) is 0 Å². The van der Waals surface area contributed by atoms with Gasteiger partial charge in [-0.1, -0.05) is 30.3 Å². The molecule has 0 bridgehead atoms. The van der Waals surface area contributed by atoms with Gasteiger partial charge in [0.2, 0.25) is 11.8 Å². The summed E-state index contributed by atoms with van der Waals surface area (Å²) in [7, 11) is 0. The van der Waals surface area contributed by atoms with Crippen LogP contribution in [0, 0.1) is 0 Å². The lowest BCUT2D eigenvalue weighted by Gasteiger charge is -2.33. The number of carbonyl (C=O) groups is 2. The molecule has 3 heterocycles. The van der Waals surface area contributed by atoms with Crippen LogP contribution in [0.3, 0.4) is 0 Å². The van der Waals surface area contributed by atoms with E-state index in [1.165, 1.54) is 0 Å². The first-order chi connectivity index (χ1) is 12.6. The number of carbonyl (C=O) groups excluding carboxylic acids is 2. The Balaban J connectivity index is 1.46. The zero-order valence-electron chi connectivity index (χ0n) is 15.0. The maximum absolute atomic E-state index is 12.6. The fourth-order valence-corrected chi connectivity index (χ4v) is 3.83. The molecule has 1 aromatic heterocycles. The molecule has 0 spiro atoms. The van der Waals surface area contributed by atoms with Crippen molar-refractivity contribution >= 4 is 11.8 Å². The van der Waals surface area contributed by atoms with Crippen molar-refractivity contribution in [1.29, 1.82) is 0 Å². The molecule has 7 nitrogen and oxygen atoms in total. The number of hydrogen-bond donors (Lipinski definition) is 0. The first kappa shape index (κ1) is 16.8. The van der Waals surface area contributed by atoms with Gasteiger partial charge in [0.25, 0.3) is 0 Å². The highest BCUT2D eigenvalue weighted by molar-refractivity contribution is 5.80. The van der Waals surface area contributed by atoms with E-state index in [4.69, 9.17) is 0 Å². The molecule has 7 heteroatoms. The summed E-state index contributed by atoms with van der Waals surface area (Å²) in [5, 5.41) is 8.67. The minimum absolute atomic E-state index is 0.0760. The van der Waals surface area contributed by atoms with Gasteiger partial charge in [0.05, 0.1) is 12.6 Å². The first-order valence-corrected chi connectivity index (χ1v) is 9.18. The van der Waals surface area contributed by atoms with Gasteiger partial charge in [0.1, 0.15) is 0 Å². The number of benzene rings is 1. The Hall–Kier alpha value is -2.70. The second-order valence-corrected chi connectivity index (χ2v) is 7.03. The highest BCUT2D eigenvalue weighted by atomic mass is 16.2. The quantitative estimate of drug-likeness (QED) is 0.841. The van der Waals surface area contributed by atoms with E-state index in [2.05, 4.69) is 21.7 Å². The lowest BCUT2D eigenvalue weighted by atomic mass is 10.1. The van der Waals surface area contributed by atoms with Crippen LogP contribution in [0.4, 0.5) is 0 Å². The first-order valence-electron chi connectivity index (χ1n) is 9.18. The van der Waals surface area contributed by atoms with E-state index >= 15 is 0 Å². The van der Waals surface area contributed by atoms with Crippen molar-refractivity contribution < 1.29 is 9.59 Å². The second-order valence-electron chi connectivity index (χ2n) is 7.03. The van der Waals surface area contributed by atoms with Crippen molar-refractivity contribution in [3.05, 3.63) is 36.2 Å². The van der Waals surface area contributed by atoms with Crippen molar-refractivity contribution in [3.8, 4) is 11.4 Å². The normalized spacial score (nSPS) is 19.7. The summed E-state index contributed by atoms with van der Waals surface area (Å²) in [5.41, 5.74) is 1.03. The van der Waals surface area contributed by atoms with E-state index in [1.807, 2.05) is 35.2 Å². The minimum atomic E-state index is 0.0760. The third-order valence-corrected chi connectivity index (χ3v) is 5.18. The molecule has 0 aliphatic carbocycles. The van der Waals surface area contributed by atoms with Crippen LogP contribution in [0.1, 0.15) is 38.1 Å². The molecule has 1 saturated heterocycles. The van der Waals surface area contributed by atoms with E-state index in [0.29, 0.717) is 32.5 Å². The Labute approximate surface area is 152 Å². The van der Waals surface area contributed by atoms with Crippen LogP contribution in [0.15, 0.2) is 30.3 Å². The van der Waals surface area contributed by atoms with Crippen LogP contribution >= 0.6 is 0 Å². The van der Waals surface area contributed by atoms with Crippen LogP contribution < -0.4 is 0 Å². The van der Waals surface area contributed by atoms with Crippen LogP contribution in [-0.4, -0.2) is 56.0 Å². The largest absolute Gasteiger partial charge is 0.342 e. The maximum Gasteiger partial charge on any atom is 0.224 e. The Morgan fingerprint density at radius 3 is 2.77 bits per heavy atom. The molecule has 26 heavy (non-hydrogen) atoms.